The third-order valence-electron chi connectivity index (χ3n) is 2.98. The molecular weight excluding hydrogens is 252 g/mol. The van der Waals surface area contributed by atoms with Gasteiger partial charge in [-0.15, -0.1) is 0 Å². The zero-order chi connectivity index (χ0) is 14.4. The Morgan fingerprint density at radius 3 is 2.90 bits per heavy atom. The molecule has 2 rings (SSSR count). The number of hydrogen-bond donors (Lipinski definition) is 2. The second kappa shape index (κ2) is 7.05. The summed E-state index contributed by atoms with van der Waals surface area (Å²) in [6, 6.07) is 5.68. The van der Waals surface area contributed by atoms with E-state index in [9.17, 15) is 0 Å². The third-order valence-corrected chi connectivity index (χ3v) is 2.98. The van der Waals surface area contributed by atoms with E-state index in [0.29, 0.717) is 11.8 Å². The Balaban J connectivity index is 1.87. The molecule has 1 heterocycles. The second-order valence-corrected chi connectivity index (χ2v) is 5.05. The molecule has 0 aliphatic carbocycles. The van der Waals surface area contributed by atoms with Gasteiger partial charge in [-0.2, -0.15) is 0 Å². The standard InChI is InChI=1S/C15H22N4O/c1-11(2)20-8-4-3-7-17-15-13-6-5-12(16)9-14(13)18-10-19-15/h5-6,9-11H,3-4,7-8,16H2,1-2H3,(H,17,18,19). The Morgan fingerprint density at radius 2 is 2.10 bits per heavy atom. The molecule has 0 saturated heterocycles. The second-order valence-electron chi connectivity index (χ2n) is 5.05. The number of anilines is 2. The van der Waals surface area contributed by atoms with Gasteiger partial charge in [0.15, 0.2) is 0 Å². The fourth-order valence-electron chi connectivity index (χ4n) is 1.97. The summed E-state index contributed by atoms with van der Waals surface area (Å²) in [5.74, 6) is 0.861. The van der Waals surface area contributed by atoms with Crippen LogP contribution in [0.25, 0.3) is 10.9 Å². The minimum Gasteiger partial charge on any atom is -0.399 e. The number of nitrogens with zero attached hydrogens (tertiary/aromatic N) is 2. The van der Waals surface area contributed by atoms with Gasteiger partial charge in [0.1, 0.15) is 12.1 Å². The van der Waals surface area contributed by atoms with Crippen LogP contribution >= 0.6 is 0 Å². The summed E-state index contributed by atoms with van der Waals surface area (Å²) in [6.45, 7) is 5.78. The van der Waals surface area contributed by atoms with Crippen LogP contribution in [-0.2, 0) is 4.74 Å². The number of rotatable bonds is 7. The van der Waals surface area contributed by atoms with Crippen LogP contribution in [0.3, 0.4) is 0 Å². The SMILES string of the molecule is CC(C)OCCCCNc1ncnc2cc(N)ccc12. The molecule has 3 N–H and O–H groups in total. The number of aromatic nitrogens is 2. The number of benzene rings is 1. The van der Waals surface area contributed by atoms with E-state index in [4.69, 9.17) is 10.5 Å². The highest BCUT2D eigenvalue weighted by atomic mass is 16.5. The van der Waals surface area contributed by atoms with Gasteiger partial charge < -0.3 is 15.8 Å². The van der Waals surface area contributed by atoms with E-state index in [1.807, 2.05) is 18.2 Å². The molecule has 0 unspecified atom stereocenters. The van der Waals surface area contributed by atoms with Crippen molar-refractivity contribution in [2.75, 3.05) is 24.2 Å². The van der Waals surface area contributed by atoms with Crippen molar-refractivity contribution in [3.8, 4) is 0 Å². The fourth-order valence-corrected chi connectivity index (χ4v) is 1.97. The maximum Gasteiger partial charge on any atom is 0.137 e. The van der Waals surface area contributed by atoms with Crippen LogP contribution in [0, 0.1) is 0 Å². The molecule has 0 bridgehead atoms. The summed E-state index contributed by atoms with van der Waals surface area (Å²) in [6.07, 6.45) is 3.96. The molecule has 0 aliphatic rings. The first-order valence-electron chi connectivity index (χ1n) is 7.02. The molecule has 5 heteroatoms. The Labute approximate surface area is 119 Å². The number of ether oxygens (including phenoxy) is 1. The molecule has 0 saturated carbocycles. The quantitative estimate of drug-likeness (QED) is 0.600. The van der Waals surface area contributed by atoms with Crippen LogP contribution in [0.1, 0.15) is 26.7 Å². The smallest absolute Gasteiger partial charge is 0.137 e. The molecule has 108 valence electrons. The van der Waals surface area contributed by atoms with Crippen molar-refractivity contribution in [3.63, 3.8) is 0 Å². The van der Waals surface area contributed by atoms with Crippen LogP contribution in [0.5, 0.6) is 0 Å². The van der Waals surface area contributed by atoms with Crippen molar-refractivity contribution < 1.29 is 4.74 Å². The number of fused-ring (bicyclic) bond motifs is 1. The van der Waals surface area contributed by atoms with Crippen molar-refractivity contribution in [1.29, 1.82) is 0 Å². The molecule has 0 radical (unpaired) electrons. The van der Waals surface area contributed by atoms with E-state index in [0.717, 1.165) is 42.7 Å². The minimum absolute atomic E-state index is 0.305. The van der Waals surface area contributed by atoms with Crippen molar-refractivity contribution in [1.82, 2.24) is 9.97 Å². The van der Waals surface area contributed by atoms with Crippen LogP contribution in [0.15, 0.2) is 24.5 Å². The number of unbranched alkanes of at least 4 members (excludes halogenated alkanes) is 1. The molecule has 0 aliphatic heterocycles. The maximum absolute atomic E-state index is 5.76. The van der Waals surface area contributed by atoms with Crippen molar-refractivity contribution >= 4 is 22.4 Å². The van der Waals surface area contributed by atoms with Crippen molar-refractivity contribution in [2.45, 2.75) is 32.8 Å². The van der Waals surface area contributed by atoms with Gasteiger partial charge in [-0.25, -0.2) is 9.97 Å². The van der Waals surface area contributed by atoms with Gasteiger partial charge in [0.25, 0.3) is 0 Å². The molecular formula is C15H22N4O. The lowest BCUT2D eigenvalue weighted by Crippen LogP contribution is -2.08. The van der Waals surface area contributed by atoms with Crippen LogP contribution in [0.2, 0.25) is 0 Å². The Bertz CT molecular complexity index is 557. The molecule has 5 nitrogen and oxygen atoms in total. The number of hydrogen-bond acceptors (Lipinski definition) is 5. The van der Waals surface area contributed by atoms with Gasteiger partial charge in [-0.1, -0.05) is 0 Å². The van der Waals surface area contributed by atoms with Gasteiger partial charge in [0.2, 0.25) is 0 Å². The Hall–Kier alpha value is -1.88. The molecule has 2 aromatic rings. The normalized spacial score (nSPS) is 11.2. The predicted molar refractivity (Wildman–Crippen MR) is 82.8 cm³/mol. The van der Waals surface area contributed by atoms with Crippen LogP contribution < -0.4 is 11.1 Å². The largest absolute Gasteiger partial charge is 0.399 e. The van der Waals surface area contributed by atoms with Crippen LogP contribution in [0.4, 0.5) is 11.5 Å². The number of nitrogens with one attached hydrogen (secondary N) is 1. The zero-order valence-electron chi connectivity index (χ0n) is 12.1. The minimum atomic E-state index is 0.305. The van der Waals surface area contributed by atoms with Gasteiger partial charge in [0, 0.05) is 24.2 Å². The predicted octanol–water partition coefficient (Wildman–Crippen LogP) is 2.83. The van der Waals surface area contributed by atoms with E-state index in [2.05, 4.69) is 29.1 Å². The topological polar surface area (TPSA) is 73.1 Å². The number of nitrogens with two attached hydrogens (primary N) is 1. The first kappa shape index (κ1) is 14.5. The lowest BCUT2D eigenvalue weighted by molar-refractivity contribution is 0.0765. The fraction of sp³-hybridized carbons (Fsp3) is 0.467. The molecule has 0 fully saturated rings. The third kappa shape index (κ3) is 4.06. The summed E-state index contributed by atoms with van der Waals surface area (Å²) >= 11 is 0. The van der Waals surface area contributed by atoms with Gasteiger partial charge in [0.05, 0.1) is 11.6 Å². The first-order chi connectivity index (χ1) is 9.66. The summed E-state index contributed by atoms with van der Waals surface area (Å²) in [5, 5.41) is 4.35. The highest BCUT2D eigenvalue weighted by molar-refractivity contribution is 5.90. The van der Waals surface area contributed by atoms with E-state index in [1.165, 1.54) is 0 Å². The lowest BCUT2D eigenvalue weighted by atomic mass is 10.2. The lowest BCUT2D eigenvalue weighted by Gasteiger charge is -2.09. The van der Waals surface area contributed by atoms with Gasteiger partial charge >= 0.3 is 0 Å². The molecule has 0 amide bonds. The molecule has 0 atom stereocenters. The molecule has 0 spiro atoms. The highest BCUT2D eigenvalue weighted by Gasteiger charge is 2.03. The summed E-state index contributed by atoms with van der Waals surface area (Å²) in [4.78, 5) is 8.52. The van der Waals surface area contributed by atoms with Crippen LogP contribution in [-0.4, -0.2) is 29.2 Å². The van der Waals surface area contributed by atoms with Gasteiger partial charge in [-0.05, 0) is 44.9 Å². The van der Waals surface area contributed by atoms with Crippen molar-refractivity contribution in [2.24, 2.45) is 0 Å². The Kier molecular flexibility index (Phi) is 5.12. The average Bonchev–Trinajstić information content (AvgIpc) is 2.42. The molecule has 20 heavy (non-hydrogen) atoms. The summed E-state index contributed by atoms with van der Waals surface area (Å²) in [7, 11) is 0. The average molecular weight is 274 g/mol. The molecule has 1 aromatic carbocycles. The van der Waals surface area contributed by atoms with E-state index in [-0.39, 0.29) is 0 Å². The molecule has 1 aromatic heterocycles. The monoisotopic (exact) mass is 274 g/mol. The highest BCUT2D eigenvalue weighted by Crippen LogP contribution is 2.21. The summed E-state index contributed by atoms with van der Waals surface area (Å²) in [5.41, 5.74) is 7.34. The first-order valence-corrected chi connectivity index (χ1v) is 7.02. The van der Waals surface area contributed by atoms with Crippen molar-refractivity contribution in [3.05, 3.63) is 24.5 Å². The Morgan fingerprint density at radius 1 is 1.25 bits per heavy atom. The van der Waals surface area contributed by atoms with E-state index in [1.54, 1.807) is 6.33 Å². The van der Waals surface area contributed by atoms with Gasteiger partial charge in [-0.3, -0.25) is 0 Å². The maximum atomic E-state index is 5.76. The van der Waals surface area contributed by atoms with E-state index < -0.39 is 0 Å². The number of nitrogen functional groups attached to an aromatic ring is 1. The zero-order valence-corrected chi connectivity index (χ0v) is 12.1. The van der Waals surface area contributed by atoms with E-state index >= 15 is 0 Å². The summed E-state index contributed by atoms with van der Waals surface area (Å²) < 4.78 is 5.51.